The van der Waals surface area contributed by atoms with Gasteiger partial charge in [0.2, 0.25) is 5.91 Å². The van der Waals surface area contributed by atoms with Crippen molar-refractivity contribution in [1.82, 2.24) is 5.32 Å². The normalized spacial score (nSPS) is 16.5. The third kappa shape index (κ3) is 3.80. The molecular formula is C15H20N2O4. The number of benzene rings is 1. The SMILES string of the molecule is CC(C)NC(CC(=O)O)C(O)c1ccc2c(c1)CC(=O)N2. The molecule has 2 rings (SSSR count). The molecule has 2 atom stereocenters. The van der Waals surface area contributed by atoms with Crippen LogP contribution in [0, 0.1) is 0 Å². The number of carbonyl (C=O) groups excluding carboxylic acids is 1. The number of aliphatic hydroxyl groups is 1. The van der Waals surface area contributed by atoms with Gasteiger partial charge in [-0.25, -0.2) is 0 Å². The van der Waals surface area contributed by atoms with E-state index in [2.05, 4.69) is 10.6 Å². The van der Waals surface area contributed by atoms with Gasteiger partial charge in [-0.3, -0.25) is 9.59 Å². The van der Waals surface area contributed by atoms with Gasteiger partial charge in [-0.2, -0.15) is 0 Å². The fourth-order valence-corrected chi connectivity index (χ4v) is 2.54. The molecule has 0 aliphatic carbocycles. The fourth-order valence-electron chi connectivity index (χ4n) is 2.54. The number of aliphatic carboxylic acids is 1. The second-order valence-electron chi connectivity index (χ2n) is 5.61. The maximum atomic E-state index is 11.3. The largest absolute Gasteiger partial charge is 0.481 e. The van der Waals surface area contributed by atoms with Crippen molar-refractivity contribution in [2.24, 2.45) is 0 Å². The Labute approximate surface area is 123 Å². The summed E-state index contributed by atoms with van der Waals surface area (Å²) in [6, 6.07) is 4.69. The van der Waals surface area contributed by atoms with Crippen molar-refractivity contribution in [3.8, 4) is 0 Å². The van der Waals surface area contributed by atoms with E-state index in [9.17, 15) is 14.7 Å². The number of carboxylic acid groups (broad SMARTS) is 1. The number of aliphatic hydroxyl groups excluding tert-OH is 1. The molecule has 4 N–H and O–H groups in total. The van der Waals surface area contributed by atoms with E-state index in [1.165, 1.54) is 0 Å². The minimum atomic E-state index is -0.967. The molecule has 1 amide bonds. The maximum absolute atomic E-state index is 11.3. The van der Waals surface area contributed by atoms with Gasteiger partial charge in [-0.1, -0.05) is 26.0 Å². The molecule has 0 spiro atoms. The predicted octanol–water partition coefficient (Wildman–Crippen LogP) is 1.06. The molecule has 114 valence electrons. The average Bonchev–Trinajstić information content (AvgIpc) is 2.74. The Morgan fingerprint density at radius 3 is 2.76 bits per heavy atom. The molecule has 1 aliphatic rings. The molecule has 0 radical (unpaired) electrons. The third-order valence-corrected chi connectivity index (χ3v) is 3.42. The highest BCUT2D eigenvalue weighted by atomic mass is 16.4. The van der Waals surface area contributed by atoms with Crippen LogP contribution in [0.3, 0.4) is 0 Å². The zero-order valence-corrected chi connectivity index (χ0v) is 12.1. The molecule has 2 unspecified atom stereocenters. The average molecular weight is 292 g/mol. The zero-order valence-electron chi connectivity index (χ0n) is 12.1. The van der Waals surface area contributed by atoms with E-state index in [-0.39, 0.29) is 24.8 Å². The summed E-state index contributed by atoms with van der Waals surface area (Å²) in [5.74, 6) is -1.04. The van der Waals surface area contributed by atoms with Crippen LogP contribution in [-0.4, -0.2) is 34.2 Å². The highest BCUT2D eigenvalue weighted by molar-refractivity contribution is 5.99. The van der Waals surface area contributed by atoms with Gasteiger partial charge in [-0.15, -0.1) is 0 Å². The van der Waals surface area contributed by atoms with Gasteiger partial charge < -0.3 is 20.8 Å². The minimum Gasteiger partial charge on any atom is -0.481 e. The number of rotatable bonds is 6. The van der Waals surface area contributed by atoms with E-state index < -0.39 is 18.1 Å². The molecule has 6 heteroatoms. The number of amides is 1. The van der Waals surface area contributed by atoms with E-state index >= 15 is 0 Å². The first-order valence-corrected chi connectivity index (χ1v) is 6.95. The zero-order chi connectivity index (χ0) is 15.6. The Balaban J connectivity index is 2.20. The molecule has 0 fully saturated rings. The lowest BCUT2D eigenvalue weighted by Crippen LogP contribution is -2.40. The summed E-state index contributed by atoms with van der Waals surface area (Å²) < 4.78 is 0. The molecule has 1 aromatic rings. The molecule has 0 bridgehead atoms. The standard InChI is InChI=1S/C15H20N2O4/c1-8(2)16-12(7-14(19)20)15(21)9-3-4-11-10(5-9)6-13(18)17-11/h3-5,8,12,15-16,21H,6-7H2,1-2H3,(H,17,18)(H,19,20). The van der Waals surface area contributed by atoms with Crippen LogP contribution in [0.15, 0.2) is 18.2 Å². The summed E-state index contributed by atoms with van der Waals surface area (Å²) in [7, 11) is 0. The molecule has 0 saturated carbocycles. The quantitative estimate of drug-likeness (QED) is 0.628. The summed E-state index contributed by atoms with van der Waals surface area (Å²) in [5.41, 5.74) is 2.20. The number of carbonyl (C=O) groups is 2. The molecule has 1 heterocycles. The molecule has 21 heavy (non-hydrogen) atoms. The van der Waals surface area contributed by atoms with Crippen molar-refractivity contribution in [3.63, 3.8) is 0 Å². The van der Waals surface area contributed by atoms with Gasteiger partial charge in [0.15, 0.2) is 0 Å². The van der Waals surface area contributed by atoms with Crippen molar-refractivity contribution < 1.29 is 19.8 Å². The Kier molecular flexibility index (Phi) is 4.59. The first-order valence-electron chi connectivity index (χ1n) is 6.95. The van der Waals surface area contributed by atoms with Gasteiger partial charge in [0.25, 0.3) is 0 Å². The summed E-state index contributed by atoms with van der Waals surface area (Å²) in [4.78, 5) is 22.3. The topological polar surface area (TPSA) is 98.7 Å². The van der Waals surface area contributed by atoms with Crippen LogP contribution in [0.2, 0.25) is 0 Å². The second kappa shape index (κ2) is 6.24. The monoisotopic (exact) mass is 292 g/mol. The lowest BCUT2D eigenvalue weighted by molar-refractivity contribution is -0.138. The van der Waals surface area contributed by atoms with Crippen molar-refractivity contribution in [1.29, 1.82) is 0 Å². The van der Waals surface area contributed by atoms with Crippen molar-refractivity contribution in [3.05, 3.63) is 29.3 Å². The van der Waals surface area contributed by atoms with Gasteiger partial charge in [-0.05, 0) is 17.2 Å². The summed E-state index contributed by atoms with van der Waals surface area (Å²) in [6.07, 6.45) is -0.824. The third-order valence-electron chi connectivity index (χ3n) is 3.42. The minimum absolute atomic E-state index is 0.0571. The molecule has 1 aromatic carbocycles. The Morgan fingerprint density at radius 2 is 2.14 bits per heavy atom. The number of hydrogen-bond acceptors (Lipinski definition) is 4. The highest BCUT2D eigenvalue weighted by Gasteiger charge is 2.26. The molecule has 0 aromatic heterocycles. The smallest absolute Gasteiger partial charge is 0.305 e. The van der Waals surface area contributed by atoms with Crippen molar-refractivity contribution in [2.45, 2.75) is 44.9 Å². The van der Waals surface area contributed by atoms with E-state index in [1.54, 1.807) is 18.2 Å². The van der Waals surface area contributed by atoms with E-state index in [4.69, 9.17) is 5.11 Å². The van der Waals surface area contributed by atoms with Crippen LogP contribution in [-0.2, 0) is 16.0 Å². The number of hydrogen-bond donors (Lipinski definition) is 4. The molecule has 6 nitrogen and oxygen atoms in total. The van der Waals surface area contributed by atoms with Gasteiger partial charge in [0, 0.05) is 17.8 Å². The van der Waals surface area contributed by atoms with Crippen LogP contribution in [0.25, 0.3) is 0 Å². The summed E-state index contributed by atoms with van der Waals surface area (Å²) in [6.45, 7) is 3.79. The Bertz CT molecular complexity index is 557. The molecular weight excluding hydrogens is 272 g/mol. The van der Waals surface area contributed by atoms with Crippen LogP contribution >= 0.6 is 0 Å². The van der Waals surface area contributed by atoms with Gasteiger partial charge >= 0.3 is 5.97 Å². The van der Waals surface area contributed by atoms with Crippen LogP contribution in [0.5, 0.6) is 0 Å². The highest BCUT2D eigenvalue weighted by Crippen LogP contribution is 2.28. The van der Waals surface area contributed by atoms with Gasteiger partial charge in [0.1, 0.15) is 0 Å². The van der Waals surface area contributed by atoms with E-state index in [0.717, 1.165) is 11.3 Å². The second-order valence-corrected chi connectivity index (χ2v) is 5.61. The molecule has 0 saturated heterocycles. The van der Waals surface area contributed by atoms with E-state index in [0.29, 0.717) is 5.56 Å². The van der Waals surface area contributed by atoms with Gasteiger partial charge in [0.05, 0.1) is 18.9 Å². The molecule has 1 aliphatic heterocycles. The maximum Gasteiger partial charge on any atom is 0.305 e. The Hall–Kier alpha value is -1.92. The van der Waals surface area contributed by atoms with Crippen LogP contribution in [0.1, 0.15) is 37.5 Å². The van der Waals surface area contributed by atoms with Crippen molar-refractivity contribution >= 4 is 17.6 Å². The lowest BCUT2D eigenvalue weighted by atomic mass is 9.96. The van der Waals surface area contributed by atoms with Crippen LogP contribution < -0.4 is 10.6 Å². The number of anilines is 1. The summed E-state index contributed by atoms with van der Waals surface area (Å²) in [5, 5.41) is 25.2. The number of carboxylic acids is 1. The number of fused-ring (bicyclic) bond motifs is 1. The Morgan fingerprint density at radius 1 is 1.43 bits per heavy atom. The number of nitrogens with one attached hydrogen (secondary N) is 2. The first-order chi connectivity index (χ1) is 9.86. The summed E-state index contributed by atoms with van der Waals surface area (Å²) >= 11 is 0. The fraction of sp³-hybridized carbons (Fsp3) is 0.467. The predicted molar refractivity (Wildman–Crippen MR) is 78.0 cm³/mol. The first kappa shape index (κ1) is 15.5. The lowest BCUT2D eigenvalue weighted by Gasteiger charge is -2.25. The van der Waals surface area contributed by atoms with Crippen molar-refractivity contribution in [2.75, 3.05) is 5.32 Å². The van der Waals surface area contributed by atoms with Crippen LogP contribution in [0.4, 0.5) is 5.69 Å². The van der Waals surface area contributed by atoms with E-state index in [1.807, 2.05) is 13.8 Å².